The minimum Gasteiger partial charge on any atom is -0.456 e. The summed E-state index contributed by atoms with van der Waals surface area (Å²) in [5.41, 5.74) is 5.56. The lowest BCUT2D eigenvalue weighted by Gasteiger charge is -2.04. The lowest BCUT2D eigenvalue weighted by molar-refractivity contribution is 0.0471. The molecule has 2 aromatic rings. The number of nitrogens with two attached hydrogens (primary N) is 1. The Morgan fingerprint density at radius 2 is 2.24 bits per heavy atom. The molecule has 0 aliphatic heterocycles. The Morgan fingerprint density at radius 3 is 2.88 bits per heavy atom. The number of rotatable bonds is 3. The monoisotopic (exact) mass is 251 g/mol. The summed E-state index contributed by atoms with van der Waals surface area (Å²) < 4.78 is 18.4. The second kappa shape index (κ2) is 4.97. The Balaban J connectivity index is 2.04. The molecule has 0 amide bonds. The van der Waals surface area contributed by atoms with Gasteiger partial charge in [0.25, 0.3) is 0 Å². The quantitative estimate of drug-likeness (QED) is 0.674. The lowest BCUT2D eigenvalue weighted by Crippen LogP contribution is -2.07. The van der Waals surface area contributed by atoms with E-state index in [9.17, 15) is 9.18 Å². The molecule has 0 spiro atoms. The second-order valence-corrected chi connectivity index (χ2v) is 4.43. The minimum absolute atomic E-state index is 0.101. The van der Waals surface area contributed by atoms with E-state index in [1.165, 1.54) is 23.5 Å². The number of hydrogen-bond donors (Lipinski definition) is 1. The molecular weight excluding hydrogens is 241 g/mol. The van der Waals surface area contributed by atoms with E-state index in [0.717, 1.165) is 10.9 Å². The number of benzene rings is 1. The van der Waals surface area contributed by atoms with Crippen molar-refractivity contribution in [2.45, 2.75) is 6.61 Å². The largest absolute Gasteiger partial charge is 0.456 e. The van der Waals surface area contributed by atoms with Crippen LogP contribution in [-0.4, -0.2) is 5.97 Å². The smallest absolute Gasteiger partial charge is 0.341 e. The van der Waals surface area contributed by atoms with Crippen molar-refractivity contribution in [3.63, 3.8) is 0 Å². The first kappa shape index (κ1) is 11.6. The molecule has 0 aliphatic rings. The van der Waals surface area contributed by atoms with Crippen molar-refractivity contribution in [2.24, 2.45) is 0 Å². The van der Waals surface area contributed by atoms with Gasteiger partial charge in [-0.1, -0.05) is 6.07 Å². The number of nitrogen functional groups attached to an aromatic ring is 1. The van der Waals surface area contributed by atoms with Crippen LogP contribution in [0.4, 0.5) is 10.1 Å². The van der Waals surface area contributed by atoms with E-state index in [1.807, 2.05) is 17.5 Å². The number of carbonyl (C=O) groups excluding carboxylic acids is 1. The van der Waals surface area contributed by atoms with Crippen molar-refractivity contribution in [3.8, 4) is 0 Å². The summed E-state index contributed by atoms with van der Waals surface area (Å²) in [4.78, 5) is 12.5. The zero-order valence-electron chi connectivity index (χ0n) is 8.85. The number of halogens is 1. The SMILES string of the molecule is Nc1ccc(C(=O)OCc2cccs2)c(F)c1. The molecule has 0 atom stereocenters. The topological polar surface area (TPSA) is 52.3 Å². The van der Waals surface area contributed by atoms with Crippen molar-refractivity contribution in [3.05, 3.63) is 52.0 Å². The Hall–Kier alpha value is -1.88. The van der Waals surface area contributed by atoms with Gasteiger partial charge in [-0.3, -0.25) is 0 Å². The van der Waals surface area contributed by atoms with Crippen LogP contribution in [0, 0.1) is 5.82 Å². The fourth-order valence-corrected chi connectivity index (χ4v) is 1.92. The van der Waals surface area contributed by atoms with Gasteiger partial charge in [-0.25, -0.2) is 9.18 Å². The number of esters is 1. The van der Waals surface area contributed by atoms with Gasteiger partial charge in [-0.05, 0) is 29.6 Å². The first-order valence-corrected chi connectivity index (χ1v) is 5.79. The Morgan fingerprint density at radius 1 is 1.41 bits per heavy atom. The standard InChI is InChI=1S/C12H10FNO2S/c13-11-6-8(14)3-4-10(11)12(15)16-7-9-2-1-5-17-9/h1-6H,7,14H2. The number of anilines is 1. The average molecular weight is 251 g/mol. The maximum absolute atomic E-state index is 13.4. The fraction of sp³-hybridized carbons (Fsp3) is 0.0833. The molecule has 1 aromatic heterocycles. The summed E-state index contributed by atoms with van der Waals surface area (Å²) in [6, 6.07) is 7.59. The van der Waals surface area contributed by atoms with Gasteiger partial charge in [0, 0.05) is 10.6 Å². The molecule has 3 nitrogen and oxygen atoms in total. The van der Waals surface area contributed by atoms with Gasteiger partial charge in [0.2, 0.25) is 0 Å². The normalized spacial score (nSPS) is 10.2. The van der Waals surface area contributed by atoms with E-state index in [-0.39, 0.29) is 17.9 Å². The van der Waals surface area contributed by atoms with Crippen LogP contribution in [0.25, 0.3) is 0 Å². The third kappa shape index (κ3) is 2.82. The van der Waals surface area contributed by atoms with Crippen molar-refractivity contribution in [1.82, 2.24) is 0 Å². The van der Waals surface area contributed by atoms with Crippen molar-refractivity contribution < 1.29 is 13.9 Å². The predicted molar refractivity (Wildman–Crippen MR) is 64.3 cm³/mol. The maximum atomic E-state index is 13.4. The van der Waals surface area contributed by atoms with Crippen LogP contribution in [0.15, 0.2) is 35.7 Å². The first-order valence-electron chi connectivity index (χ1n) is 4.91. The van der Waals surface area contributed by atoms with Crippen LogP contribution in [-0.2, 0) is 11.3 Å². The first-order chi connectivity index (χ1) is 8.16. The van der Waals surface area contributed by atoms with Crippen molar-refractivity contribution in [1.29, 1.82) is 0 Å². The summed E-state index contributed by atoms with van der Waals surface area (Å²) in [6.45, 7) is 0.153. The zero-order valence-corrected chi connectivity index (χ0v) is 9.67. The summed E-state index contributed by atoms with van der Waals surface area (Å²) >= 11 is 1.48. The molecule has 2 N–H and O–H groups in total. The van der Waals surface area contributed by atoms with E-state index in [1.54, 1.807) is 0 Å². The summed E-state index contributed by atoms with van der Waals surface area (Å²) in [5, 5.41) is 1.88. The molecule has 1 heterocycles. The van der Waals surface area contributed by atoms with Crippen LogP contribution in [0.2, 0.25) is 0 Å². The minimum atomic E-state index is -0.684. The van der Waals surface area contributed by atoms with Gasteiger partial charge >= 0.3 is 5.97 Å². The predicted octanol–water partition coefficient (Wildman–Crippen LogP) is 2.83. The number of carbonyl (C=O) groups is 1. The molecule has 88 valence electrons. The Kier molecular flexibility index (Phi) is 3.39. The second-order valence-electron chi connectivity index (χ2n) is 3.39. The molecule has 0 aliphatic carbocycles. The fourth-order valence-electron chi connectivity index (χ4n) is 1.31. The molecule has 0 saturated carbocycles. The number of ether oxygens (including phenoxy) is 1. The zero-order chi connectivity index (χ0) is 12.3. The van der Waals surface area contributed by atoms with Gasteiger partial charge in [0.1, 0.15) is 12.4 Å². The van der Waals surface area contributed by atoms with Gasteiger partial charge in [0.15, 0.2) is 0 Å². The molecule has 0 fully saturated rings. The summed E-state index contributed by atoms with van der Waals surface area (Å²) in [6.07, 6.45) is 0. The molecule has 0 unspecified atom stereocenters. The van der Waals surface area contributed by atoms with Crippen molar-refractivity contribution >= 4 is 23.0 Å². The van der Waals surface area contributed by atoms with Gasteiger partial charge < -0.3 is 10.5 Å². The highest BCUT2D eigenvalue weighted by Gasteiger charge is 2.13. The Labute approximate surface area is 102 Å². The van der Waals surface area contributed by atoms with E-state index in [0.29, 0.717) is 0 Å². The maximum Gasteiger partial charge on any atom is 0.341 e. The van der Waals surface area contributed by atoms with Gasteiger partial charge in [-0.2, -0.15) is 0 Å². The van der Waals surface area contributed by atoms with Crippen LogP contribution in [0.3, 0.4) is 0 Å². The number of thiophene rings is 1. The van der Waals surface area contributed by atoms with Crippen LogP contribution < -0.4 is 5.73 Å². The lowest BCUT2D eigenvalue weighted by atomic mass is 10.2. The van der Waals surface area contributed by atoms with E-state index < -0.39 is 11.8 Å². The molecule has 5 heteroatoms. The highest BCUT2D eigenvalue weighted by Crippen LogP contribution is 2.15. The molecule has 0 saturated heterocycles. The molecule has 0 bridgehead atoms. The van der Waals surface area contributed by atoms with Crippen molar-refractivity contribution in [2.75, 3.05) is 5.73 Å². The van der Waals surface area contributed by atoms with Gasteiger partial charge in [-0.15, -0.1) is 11.3 Å². The number of hydrogen-bond acceptors (Lipinski definition) is 4. The average Bonchev–Trinajstić information content (AvgIpc) is 2.78. The van der Waals surface area contributed by atoms with Gasteiger partial charge in [0.05, 0.1) is 5.56 Å². The van der Waals surface area contributed by atoms with E-state index >= 15 is 0 Å². The third-order valence-corrected chi connectivity index (χ3v) is 2.99. The molecular formula is C12H10FNO2S. The summed E-state index contributed by atoms with van der Waals surface area (Å²) in [5.74, 6) is -1.35. The molecule has 2 rings (SSSR count). The third-order valence-electron chi connectivity index (χ3n) is 2.14. The molecule has 0 radical (unpaired) electrons. The molecule has 17 heavy (non-hydrogen) atoms. The van der Waals surface area contributed by atoms with Crippen LogP contribution in [0.5, 0.6) is 0 Å². The van der Waals surface area contributed by atoms with E-state index in [4.69, 9.17) is 10.5 Å². The highest BCUT2D eigenvalue weighted by atomic mass is 32.1. The highest BCUT2D eigenvalue weighted by molar-refractivity contribution is 7.09. The van der Waals surface area contributed by atoms with E-state index in [2.05, 4.69) is 0 Å². The molecule has 1 aromatic carbocycles. The van der Waals surface area contributed by atoms with Crippen LogP contribution >= 0.6 is 11.3 Å². The summed E-state index contributed by atoms with van der Waals surface area (Å²) in [7, 11) is 0. The Bertz CT molecular complexity index is 525. The van der Waals surface area contributed by atoms with Crippen LogP contribution in [0.1, 0.15) is 15.2 Å².